The number of hydrogen-bond donors (Lipinski definition) is 0. The first-order valence-electron chi connectivity index (χ1n) is 5.44. The summed E-state index contributed by atoms with van der Waals surface area (Å²) < 4.78 is 0. The van der Waals surface area contributed by atoms with Gasteiger partial charge in [0.1, 0.15) is 0 Å². The zero-order valence-corrected chi connectivity index (χ0v) is 8.14. The van der Waals surface area contributed by atoms with E-state index in [0.717, 1.165) is 23.7 Å². The van der Waals surface area contributed by atoms with Crippen molar-refractivity contribution < 1.29 is 0 Å². The first-order chi connectivity index (χ1) is 5.77. The van der Waals surface area contributed by atoms with Crippen molar-refractivity contribution >= 4 is 0 Å². The topological polar surface area (TPSA) is 0 Å². The molecule has 0 aromatic rings. The second kappa shape index (κ2) is 2.16. The Balaban J connectivity index is 2.09. The number of fused-ring (bicyclic) bond motifs is 1. The van der Waals surface area contributed by atoms with Crippen molar-refractivity contribution in [2.45, 2.75) is 39.5 Å². The fraction of sp³-hybridized carbons (Fsp3) is 0.833. The van der Waals surface area contributed by atoms with Crippen molar-refractivity contribution in [2.75, 3.05) is 0 Å². The van der Waals surface area contributed by atoms with Crippen LogP contribution in [0.25, 0.3) is 0 Å². The lowest BCUT2D eigenvalue weighted by Gasteiger charge is -2.53. The van der Waals surface area contributed by atoms with E-state index in [1.165, 1.54) is 12.8 Å². The highest BCUT2D eigenvalue weighted by Gasteiger charge is 2.47. The van der Waals surface area contributed by atoms with Crippen molar-refractivity contribution in [3.8, 4) is 0 Å². The summed E-state index contributed by atoms with van der Waals surface area (Å²) in [5, 5.41) is 0. The molecule has 0 amide bonds. The Hall–Kier alpha value is -0.260. The summed E-state index contributed by atoms with van der Waals surface area (Å²) in [6, 6.07) is 0. The van der Waals surface area contributed by atoms with E-state index in [9.17, 15) is 0 Å². The van der Waals surface area contributed by atoms with E-state index in [2.05, 4.69) is 13.8 Å². The Kier molecular flexibility index (Phi) is 1.29. The Bertz CT molecular complexity index is 223. The van der Waals surface area contributed by atoms with Crippen LogP contribution in [0.1, 0.15) is 39.5 Å². The Labute approximate surface area is 75.0 Å². The second-order valence-electron chi connectivity index (χ2n) is 5.15. The highest BCUT2D eigenvalue weighted by molar-refractivity contribution is 5.26. The van der Waals surface area contributed by atoms with Crippen molar-refractivity contribution in [1.82, 2.24) is 0 Å². The first-order valence-corrected chi connectivity index (χ1v) is 5.44. The summed E-state index contributed by atoms with van der Waals surface area (Å²) in [6.07, 6.45) is 6.16. The number of rotatable bonds is 0. The van der Waals surface area contributed by atoms with Gasteiger partial charge in [-0.2, -0.15) is 0 Å². The van der Waals surface area contributed by atoms with Gasteiger partial charge in [0.2, 0.25) is 0 Å². The molecule has 0 nitrogen and oxygen atoms in total. The average molecular weight is 162 g/mol. The third kappa shape index (κ3) is 0.694. The Morgan fingerprint density at radius 3 is 1.58 bits per heavy atom. The van der Waals surface area contributed by atoms with E-state index < -0.39 is 0 Å². The van der Waals surface area contributed by atoms with Crippen LogP contribution < -0.4 is 0 Å². The van der Waals surface area contributed by atoms with E-state index in [1.54, 1.807) is 24.0 Å². The molecule has 0 aromatic carbocycles. The lowest BCUT2D eigenvalue weighted by Crippen LogP contribution is -2.43. The maximum Gasteiger partial charge on any atom is -0.0172 e. The molecule has 3 fully saturated rings. The van der Waals surface area contributed by atoms with Crippen LogP contribution in [-0.2, 0) is 0 Å². The molecule has 0 heteroatoms. The lowest BCUT2D eigenvalue weighted by molar-refractivity contribution is 0.0542. The van der Waals surface area contributed by atoms with Crippen molar-refractivity contribution in [1.29, 1.82) is 0 Å². The second-order valence-corrected chi connectivity index (χ2v) is 5.15. The van der Waals surface area contributed by atoms with E-state index >= 15 is 0 Å². The van der Waals surface area contributed by atoms with Gasteiger partial charge in [0, 0.05) is 0 Å². The van der Waals surface area contributed by atoms with E-state index in [0.29, 0.717) is 0 Å². The number of allylic oxidation sites excluding steroid dienone is 2. The highest BCUT2D eigenvalue weighted by atomic mass is 14.5. The SMILES string of the molecule is CC1=C(C)C2CC3CCC2CC13. The standard InChI is InChI=1S/C12H18/c1-7-8(2)12-6-9-3-4-10(12)5-11(7)9/h9-12H,3-6H2,1-2H3. The van der Waals surface area contributed by atoms with E-state index in [1.807, 2.05) is 0 Å². The van der Waals surface area contributed by atoms with Gasteiger partial charge in [0.25, 0.3) is 0 Å². The molecule has 4 unspecified atom stereocenters. The molecule has 0 aliphatic heterocycles. The molecule has 0 saturated heterocycles. The largest absolute Gasteiger partial charge is 0.0707 e. The van der Waals surface area contributed by atoms with Crippen LogP contribution in [0, 0.1) is 23.7 Å². The molecular weight excluding hydrogens is 144 g/mol. The van der Waals surface area contributed by atoms with Crippen LogP contribution in [0.4, 0.5) is 0 Å². The van der Waals surface area contributed by atoms with Crippen LogP contribution in [0.5, 0.6) is 0 Å². The molecule has 4 atom stereocenters. The van der Waals surface area contributed by atoms with Gasteiger partial charge in [-0.3, -0.25) is 0 Å². The molecule has 12 heavy (non-hydrogen) atoms. The van der Waals surface area contributed by atoms with Crippen molar-refractivity contribution in [3.63, 3.8) is 0 Å². The predicted molar refractivity (Wildman–Crippen MR) is 50.8 cm³/mol. The molecule has 3 saturated carbocycles. The van der Waals surface area contributed by atoms with Crippen LogP contribution in [-0.4, -0.2) is 0 Å². The van der Waals surface area contributed by atoms with Crippen LogP contribution in [0.2, 0.25) is 0 Å². The van der Waals surface area contributed by atoms with Gasteiger partial charge in [0.05, 0.1) is 0 Å². The van der Waals surface area contributed by atoms with E-state index in [-0.39, 0.29) is 0 Å². The minimum absolute atomic E-state index is 1.01. The summed E-state index contributed by atoms with van der Waals surface area (Å²) >= 11 is 0. The average Bonchev–Trinajstić information content (AvgIpc) is 2.14. The summed E-state index contributed by atoms with van der Waals surface area (Å²) in [4.78, 5) is 0. The molecule has 0 spiro atoms. The number of hydrogen-bond acceptors (Lipinski definition) is 0. The fourth-order valence-electron chi connectivity index (χ4n) is 4.08. The molecule has 5 rings (SSSR count). The fourth-order valence-corrected chi connectivity index (χ4v) is 4.08. The minimum Gasteiger partial charge on any atom is -0.0707 e. The van der Waals surface area contributed by atoms with Gasteiger partial charge in [0.15, 0.2) is 0 Å². The minimum atomic E-state index is 1.01. The van der Waals surface area contributed by atoms with Gasteiger partial charge in [-0.15, -0.1) is 0 Å². The van der Waals surface area contributed by atoms with Crippen LogP contribution in [0.3, 0.4) is 0 Å². The molecular formula is C12H18. The lowest BCUT2D eigenvalue weighted by atomic mass is 9.52. The summed E-state index contributed by atoms with van der Waals surface area (Å²) in [5.41, 5.74) is 3.54. The maximum atomic E-state index is 2.39. The zero-order chi connectivity index (χ0) is 8.29. The molecule has 4 bridgehead atoms. The highest BCUT2D eigenvalue weighted by Crippen LogP contribution is 2.57. The quantitative estimate of drug-likeness (QED) is 0.479. The van der Waals surface area contributed by atoms with E-state index in [4.69, 9.17) is 0 Å². The first kappa shape index (κ1) is 7.17. The van der Waals surface area contributed by atoms with Gasteiger partial charge in [-0.1, -0.05) is 11.1 Å². The zero-order valence-electron chi connectivity index (χ0n) is 8.14. The van der Waals surface area contributed by atoms with Crippen LogP contribution in [0.15, 0.2) is 11.1 Å². The summed E-state index contributed by atoms with van der Waals surface area (Å²) in [7, 11) is 0. The Morgan fingerprint density at radius 2 is 1.25 bits per heavy atom. The predicted octanol–water partition coefficient (Wildman–Crippen LogP) is 3.39. The monoisotopic (exact) mass is 162 g/mol. The smallest absolute Gasteiger partial charge is 0.0172 e. The van der Waals surface area contributed by atoms with Crippen molar-refractivity contribution in [3.05, 3.63) is 11.1 Å². The molecule has 0 N–H and O–H groups in total. The molecule has 66 valence electrons. The third-order valence-corrected chi connectivity index (χ3v) is 4.89. The summed E-state index contributed by atoms with van der Waals surface area (Å²) in [6.45, 7) is 4.78. The van der Waals surface area contributed by atoms with Gasteiger partial charge >= 0.3 is 0 Å². The molecule has 0 aromatic heterocycles. The van der Waals surface area contributed by atoms with Gasteiger partial charge in [-0.25, -0.2) is 0 Å². The van der Waals surface area contributed by atoms with Crippen molar-refractivity contribution in [2.24, 2.45) is 23.7 Å². The maximum absolute atomic E-state index is 2.39. The van der Waals surface area contributed by atoms with Crippen LogP contribution >= 0.6 is 0 Å². The normalized spacial score (nSPS) is 50.5. The molecule has 0 heterocycles. The van der Waals surface area contributed by atoms with Gasteiger partial charge < -0.3 is 0 Å². The van der Waals surface area contributed by atoms with Gasteiger partial charge in [-0.05, 0) is 63.2 Å². The molecule has 0 radical (unpaired) electrons. The Morgan fingerprint density at radius 1 is 0.833 bits per heavy atom. The third-order valence-electron chi connectivity index (χ3n) is 4.89. The molecule has 5 aliphatic rings. The molecule has 5 aliphatic carbocycles. The summed E-state index contributed by atoms with van der Waals surface area (Å²) in [5.74, 6) is 4.19.